The van der Waals surface area contributed by atoms with Crippen molar-refractivity contribution >= 4 is 21.6 Å². The fourth-order valence-corrected chi connectivity index (χ4v) is 4.25. The minimum Gasteiger partial charge on any atom is -0.484 e. The first-order chi connectivity index (χ1) is 15.3. The van der Waals surface area contributed by atoms with E-state index in [-0.39, 0.29) is 23.5 Å². The standard InChI is InChI=1S/C25H28N2O4S/c1-19-7-6-10-22(17-19)27-32(29,30)24-15-13-23(14-16-24)31-18-25(28)26-20(2)11-12-21-8-4-3-5-9-21/h3-10,13-17,20,27H,11-12,18H2,1-2H3,(H,26,28)/t20-/m0/s1. The molecule has 0 aromatic heterocycles. The molecule has 0 saturated heterocycles. The van der Waals surface area contributed by atoms with Crippen LogP contribution in [0.2, 0.25) is 0 Å². The Kier molecular flexibility index (Phi) is 7.89. The first kappa shape index (κ1) is 23.3. The number of rotatable bonds is 10. The second kappa shape index (κ2) is 10.8. The maximum Gasteiger partial charge on any atom is 0.261 e. The van der Waals surface area contributed by atoms with Gasteiger partial charge in [-0.3, -0.25) is 9.52 Å². The van der Waals surface area contributed by atoms with Crippen LogP contribution in [0, 0.1) is 6.92 Å². The van der Waals surface area contributed by atoms with Gasteiger partial charge in [0.1, 0.15) is 5.75 Å². The largest absolute Gasteiger partial charge is 0.484 e. The molecule has 0 aliphatic rings. The molecule has 0 saturated carbocycles. The molecule has 0 spiro atoms. The molecule has 1 amide bonds. The summed E-state index contributed by atoms with van der Waals surface area (Å²) in [6.07, 6.45) is 1.71. The van der Waals surface area contributed by atoms with Crippen molar-refractivity contribution in [1.82, 2.24) is 5.32 Å². The minimum absolute atomic E-state index is 0.0199. The molecule has 0 aliphatic carbocycles. The Morgan fingerprint density at radius 1 is 0.969 bits per heavy atom. The normalized spacial score (nSPS) is 12.1. The highest BCUT2D eigenvalue weighted by molar-refractivity contribution is 7.92. The van der Waals surface area contributed by atoms with E-state index in [1.54, 1.807) is 18.2 Å². The summed E-state index contributed by atoms with van der Waals surface area (Å²) in [4.78, 5) is 12.3. The summed E-state index contributed by atoms with van der Waals surface area (Å²) < 4.78 is 33.2. The van der Waals surface area contributed by atoms with Gasteiger partial charge in [-0.25, -0.2) is 8.42 Å². The molecule has 0 heterocycles. The van der Waals surface area contributed by atoms with E-state index in [0.717, 1.165) is 18.4 Å². The third-order valence-corrected chi connectivity index (χ3v) is 6.29. The first-order valence-corrected chi connectivity index (χ1v) is 12.0. The van der Waals surface area contributed by atoms with E-state index in [9.17, 15) is 13.2 Å². The maximum absolute atomic E-state index is 12.6. The van der Waals surface area contributed by atoms with Crippen LogP contribution in [0.25, 0.3) is 0 Å². The fraction of sp³-hybridized carbons (Fsp3) is 0.240. The van der Waals surface area contributed by atoms with Gasteiger partial charge in [0.05, 0.1) is 4.90 Å². The van der Waals surface area contributed by atoms with Gasteiger partial charge in [-0.1, -0.05) is 42.5 Å². The van der Waals surface area contributed by atoms with E-state index < -0.39 is 10.0 Å². The average Bonchev–Trinajstić information content (AvgIpc) is 2.77. The third-order valence-electron chi connectivity index (χ3n) is 4.89. The molecular weight excluding hydrogens is 424 g/mol. The molecule has 0 radical (unpaired) electrons. The van der Waals surface area contributed by atoms with Crippen LogP contribution < -0.4 is 14.8 Å². The highest BCUT2D eigenvalue weighted by atomic mass is 32.2. The van der Waals surface area contributed by atoms with E-state index >= 15 is 0 Å². The number of anilines is 1. The number of aryl methyl sites for hydroxylation is 2. The summed E-state index contributed by atoms with van der Waals surface area (Å²) >= 11 is 0. The van der Waals surface area contributed by atoms with E-state index in [1.165, 1.54) is 29.8 Å². The van der Waals surface area contributed by atoms with Crippen molar-refractivity contribution in [3.05, 3.63) is 90.0 Å². The second-order valence-corrected chi connectivity index (χ2v) is 9.41. The predicted molar refractivity (Wildman–Crippen MR) is 126 cm³/mol. The first-order valence-electron chi connectivity index (χ1n) is 10.5. The zero-order valence-electron chi connectivity index (χ0n) is 18.2. The minimum atomic E-state index is -3.71. The second-order valence-electron chi connectivity index (χ2n) is 7.73. The van der Waals surface area contributed by atoms with E-state index in [1.807, 2.05) is 38.1 Å². The monoisotopic (exact) mass is 452 g/mol. The lowest BCUT2D eigenvalue weighted by molar-refractivity contribution is -0.123. The molecule has 32 heavy (non-hydrogen) atoms. The van der Waals surface area contributed by atoms with Crippen LogP contribution in [0.1, 0.15) is 24.5 Å². The van der Waals surface area contributed by atoms with Crippen LogP contribution in [0.4, 0.5) is 5.69 Å². The number of sulfonamides is 1. The van der Waals surface area contributed by atoms with Gasteiger partial charge in [-0.05, 0) is 74.2 Å². The van der Waals surface area contributed by atoms with Crippen molar-refractivity contribution < 1.29 is 17.9 Å². The number of amides is 1. The van der Waals surface area contributed by atoms with Crippen LogP contribution in [0.15, 0.2) is 83.8 Å². The van der Waals surface area contributed by atoms with Crippen LogP contribution >= 0.6 is 0 Å². The smallest absolute Gasteiger partial charge is 0.261 e. The highest BCUT2D eigenvalue weighted by Crippen LogP contribution is 2.20. The van der Waals surface area contributed by atoms with Crippen LogP contribution in [0.3, 0.4) is 0 Å². The number of carbonyl (C=O) groups is 1. The molecule has 3 rings (SSSR count). The van der Waals surface area contributed by atoms with Crippen molar-refractivity contribution in [1.29, 1.82) is 0 Å². The maximum atomic E-state index is 12.6. The van der Waals surface area contributed by atoms with E-state index in [4.69, 9.17) is 4.74 Å². The zero-order valence-corrected chi connectivity index (χ0v) is 19.1. The zero-order chi connectivity index (χ0) is 23.0. The molecule has 1 atom stereocenters. The molecule has 2 N–H and O–H groups in total. The Bertz CT molecular complexity index is 1130. The van der Waals surface area contributed by atoms with Crippen molar-refractivity contribution in [2.45, 2.75) is 37.6 Å². The van der Waals surface area contributed by atoms with Crippen molar-refractivity contribution in [2.75, 3.05) is 11.3 Å². The molecular formula is C25H28N2O4S. The average molecular weight is 453 g/mol. The number of hydrogen-bond acceptors (Lipinski definition) is 4. The fourth-order valence-electron chi connectivity index (χ4n) is 3.20. The van der Waals surface area contributed by atoms with Crippen LogP contribution in [-0.4, -0.2) is 27.0 Å². The van der Waals surface area contributed by atoms with Crippen LogP contribution in [-0.2, 0) is 21.2 Å². The lowest BCUT2D eigenvalue weighted by Gasteiger charge is -2.14. The number of hydrogen-bond donors (Lipinski definition) is 2. The predicted octanol–water partition coefficient (Wildman–Crippen LogP) is 4.31. The molecule has 0 bridgehead atoms. The van der Waals surface area contributed by atoms with Gasteiger partial charge >= 0.3 is 0 Å². The van der Waals surface area contributed by atoms with E-state index in [2.05, 4.69) is 22.2 Å². The Morgan fingerprint density at radius 2 is 1.69 bits per heavy atom. The summed E-state index contributed by atoms with van der Waals surface area (Å²) in [6, 6.07) is 23.3. The quantitative estimate of drug-likeness (QED) is 0.480. The van der Waals surface area contributed by atoms with Gasteiger partial charge in [0.15, 0.2) is 6.61 Å². The Hall–Kier alpha value is -3.32. The highest BCUT2D eigenvalue weighted by Gasteiger charge is 2.15. The van der Waals surface area contributed by atoms with Gasteiger partial charge in [0, 0.05) is 11.7 Å². The summed E-state index contributed by atoms with van der Waals surface area (Å²) in [7, 11) is -3.71. The van der Waals surface area contributed by atoms with Gasteiger partial charge in [-0.2, -0.15) is 0 Å². The number of ether oxygens (including phenoxy) is 1. The van der Waals surface area contributed by atoms with Crippen LogP contribution in [0.5, 0.6) is 5.75 Å². The van der Waals surface area contributed by atoms with Gasteiger partial charge in [0.25, 0.3) is 15.9 Å². The lowest BCUT2D eigenvalue weighted by atomic mass is 10.1. The van der Waals surface area contributed by atoms with E-state index in [0.29, 0.717) is 11.4 Å². The van der Waals surface area contributed by atoms with Crippen molar-refractivity contribution in [3.8, 4) is 5.75 Å². The topological polar surface area (TPSA) is 84.5 Å². The number of nitrogens with one attached hydrogen (secondary N) is 2. The summed E-state index contributed by atoms with van der Waals surface area (Å²) in [5.74, 6) is 0.204. The molecule has 6 nitrogen and oxygen atoms in total. The third kappa shape index (κ3) is 7.13. The lowest BCUT2D eigenvalue weighted by Crippen LogP contribution is -2.36. The van der Waals surface area contributed by atoms with Crippen molar-refractivity contribution in [2.24, 2.45) is 0 Å². The Morgan fingerprint density at radius 3 is 2.38 bits per heavy atom. The van der Waals surface area contributed by atoms with Gasteiger partial charge in [0.2, 0.25) is 0 Å². The molecule has 7 heteroatoms. The molecule has 168 valence electrons. The van der Waals surface area contributed by atoms with Gasteiger partial charge < -0.3 is 10.1 Å². The molecule has 3 aromatic carbocycles. The number of benzene rings is 3. The SMILES string of the molecule is Cc1cccc(NS(=O)(=O)c2ccc(OCC(=O)N[C@@H](C)CCc3ccccc3)cc2)c1. The summed E-state index contributed by atoms with van der Waals surface area (Å²) in [5.41, 5.74) is 2.70. The van der Waals surface area contributed by atoms with Crippen molar-refractivity contribution in [3.63, 3.8) is 0 Å². The summed E-state index contributed by atoms with van der Waals surface area (Å²) in [5, 5.41) is 2.92. The van der Waals surface area contributed by atoms with Gasteiger partial charge in [-0.15, -0.1) is 0 Å². The molecule has 3 aromatic rings. The summed E-state index contributed by atoms with van der Waals surface area (Å²) in [6.45, 7) is 3.72. The number of carbonyl (C=O) groups excluding carboxylic acids is 1. The Labute approximate surface area is 189 Å². The molecule has 0 fully saturated rings. The Balaban J connectivity index is 1.47. The molecule has 0 aliphatic heterocycles. The molecule has 0 unspecified atom stereocenters.